The third kappa shape index (κ3) is 2.59. The minimum atomic E-state index is 0.218. The molecule has 104 valence electrons. The van der Waals surface area contributed by atoms with Gasteiger partial charge in [0.2, 0.25) is 0 Å². The topological polar surface area (TPSA) is 46.9 Å². The van der Waals surface area contributed by atoms with Crippen molar-refractivity contribution in [1.29, 1.82) is 0 Å². The second-order valence-corrected chi connectivity index (χ2v) is 5.83. The molecule has 1 aromatic rings. The van der Waals surface area contributed by atoms with E-state index in [0.29, 0.717) is 6.04 Å². The van der Waals surface area contributed by atoms with Gasteiger partial charge in [-0.05, 0) is 52.0 Å². The first kappa shape index (κ1) is 12.9. The molecule has 19 heavy (non-hydrogen) atoms. The van der Waals surface area contributed by atoms with Crippen LogP contribution < -0.4 is 10.9 Å². The first-order valence-electron chi connectivity index (χ1n) is 7.58. The summed E-state index contributed by atoms with van der Waals surface area (Å²) in [7, 11) is 0. The molecule has 2 aliphatic rings. The Balaban J connectivity index is 1.75. The molecule has 1 aliphatic carbocycles. The van der Waals surface area contributed by atoms with Crippen molar-refractivity contribution in [2.45, 2.75) is 64.5 Å². The number of aryl methyl sites for hydroxylation is 2. The Kier molecular flexibility index (Phi) is 3.69. The second kappa shape index (κ2) is 5.45. The summed E-state index contributed by atoms with van der Waals surface area (Å²) in [5, 5.41) is 3.54. The lowest BCUT2D eigenvalue weighted by Crippen LogP contribution is -2.36. The Hall–Kier alpha value is -1.16. The van der Waals surface area contributed by atoms with Gasteiger partial charge in [0.05, 0.1) is 5.69 Å². The summed E-state index contributed by atoms with van der Waals surface area (Å²) in [5.41, 5.74) is 2.24. The van der Waals surface area contributed by atoms with Gasteiger partial charge in [-0.15, -0.1) is 0 Å². The Labute approximate surface area is 114 Å². The first-order chi connectivity index (χ1) is 9.25. The molecule has 0 aromatic carbocycles. The molecule has 1 saturated heterocycles. The van der Waals surface area contributed by atoms with Crippen molar-refractivity contribution < 1.29 is 0 Å². The van der Waals surface area contributed by atoms with Crippen LogP contribution in [-0.4, -0.2) is 22.1 Å². The summed E-state index contributed by atoms with van der Waals surface area (Å²) in [5.74, 6) is 0.890. The normalized spacial score (nSPS) is 22.5. The molecule has 0 amide bonds. The number of hydrogen-bond acceptors (Lipinski definition) is 3. The zero-order valence-electron chi connectivity index (χ0n) is 11.7. The van der Waals surface area contributed by atoms with Gasteiger partial charge in [0.1, 0.15) is 5.82 Å². The SMILES string of the molecule is Cc1nc2c(c(=O)n1CCC1CCCCN1)CCC2. The maximum absolute atomic E-state index is 12.5. The van der Waals surface area contributed by atoms with E-state index in [-0.39, 0.29) is 5.56 Å². The van der Waals surface area contributed by atoms with Crippen LogP contribution in [0.3, 0.4) is 0 Å². The van der Waals surface area contributed by atoms with E-state index < -0.39 is 0 Å². The van der Waals surface area contributed by atoms with Gasteiger partial charge in [0.15, 0.2) is 0 Å². The molecule has 3 rings (SSSR count). The number of nitrogens with zero attached hydrogens (tertiary/aromatic N) is 2. The van der Waals surface area contributed by atoms with Gasteiger partial charge in [-0.3, -0.25) is 9.36 Å². The molecule has 0 spiro atoms. The lowest BCUT2D eigenvalue weighted by atomic mass is 10.0. The highest BCUT2D eigenvalue weighted by molar-refractivity contribution is 5.23. The lowest BCUT2D eigenvalue weighted by molar-refractivity contribution is 0.362. The first-order valence-corrected chi connectivity index (χ1v) is 7.58. The molecule has 1 fully saturated rings. The van der Waals surface area contributed by atoms with Crippen LogP contribution in [0.25, 0.3) is 0 Å². The predicted octanol–water partition coefficient (Wildman–Crippen LogP) is 1.57. The summed E-state index contributed by atoms with van der Waals surface area (Å²) >= 11 is 0. The molecule has 1 unspecified atom stereocenters. The van der Waals surface area contributed by atoms with Crippen molar-refractivity contribution in [3.8, 4) is 0 Å². The minimum absolute atomic E-state index is 0.218. The van der Waals surface area contributed by atoms with Gasteiger partial charge >= 0.3 is 0 Å². The molecule has 1 atom stereocenters. The number of hydrogen-bond donors (Lipinski definition) is 1. The van der Waals surface area contributed by atoms with Crippen molar-refractivity contribution in [2.24, 2.45) is 0 Å². The van der Waals surface area contributed by atoms with E-state index in [1.165, 1.54) is 19.3 Å². The Morgan fingerprint density at radius 3 is 3.00 bits per heavy atom. The fourth-order valence-electron chi connectivity index (χ4n) is 3.37. The molecular weight excluding hydrogens is 238 g/mol. The number of piperidine rings is 1. The van der Waals surface area contributed by atoms with E-state index in [4.69, 9.17) is 0 Å². The summed E-state index contributed by atoms with van der Waals surface area (Å²) in [6, 6.07) is 0.577. The van der Waals surface area contributed by atoms with Gasteiger partial charge < -0.3 is 5.32 Å². The van der Waals surface area contributed by atoms with E-state index in [1.807, 2.05) is 11.5 Å². The molecule has 0 bridgehead atoms. The van der Waals surface area contributed by atoms with Crippen LogP contribution in [0.1, 0.15) is 49.2 Å². The minimum Gasteiger partial charge on any atom is -0.314 e. The summed E-state index contributed by atoms with van der Waals surface area (Å²) in [6.45, 7) is 3.90. The highest BCUT2D eigenvalue weighted by Gasteiger charge is 2.20. The molecule has 2 heterocycles. The molecular formula is C15H23N3O. The van der Waals surface area contributed by atoms with Gasteiger partial charge in [0.25, 0.3) is 5.56 Å². The lowest BCUT2D eigenvalue weighted by Gasteiger charge is -2.24. The van der Waals surface area contributed by atoms with Crippen LogP contribution in [0.5, 0.6) is 0 Å². The monoisotopic (exact) mass is 261 g/mol. The number of rotatable bonds is 3. The Morgan fingerprint density at radius 1 is 1.32 bits per heavy atom. The average Bonchev–Trinajstić information content (AvgIpc) is 2.88. The van der Waals surface area contributed by atoms with Crippen LogP contribution >= 0.6 is 0 Å². The van der Waals surface area contributed by atoms with Gasteiger partial charge in [-0.1, -0.05) is 6.42 Å². The smallest absolute Gasteiger partial charge is 0.256 e. The maximum Gasteiger partial charge on any atom is 0.256 e. The highest BCUT2D eigenvalue weighted by atomic mass is 16.1. The van der Waals surface area contributed by atoms with Crippen LogP contribution in [-0.2, 0) is 19.4 Å². The van der Waals surface area contributed by atoms with E-state index in [1.54, 1.807) is 0 Å². The molecule has 1 N–H and O–H groups in total. The van der Waals surface area contributed by atoms with Crippen LogP contribution in [0.4, 0.5) is 0 Å². The van der Waals surface area contributed by atoms with Crippen molar-refractivity contribution in [3.05, 3.63) is 27.4 Å². The van der Waals surface area contributed by atoms with Crippen LogP contribution in [0.15, 0.2) is 4.79 Å². The third-order valence-corrected chi connectivity index (χ3v) is 4.49. The number of aromatic nitrogens is 2. The molecule has 1 aromatic heterocycles. The quantitative estimate of drug-likeness (QED) is 0.898. The van der Waals surface area contributed by atoms with Gasteiger partial charge in [0, 0.05) is 18.2 Å². The maximum atomic E-state index is 12.5. The zero-order chi connectivity index (χ0) is 13.2. The van der Waals surface area contributed by atoms with Gasteiger partial charge in [-0.2, -0.15) is 0 Å². The largest absolute Gasteiger partial charge is 0.314 e. The number of nitrogens with one attached hydrogen (secondary N) is 1. The number of fused-ring (bicyclic) bond motifs is 1. The van der Waals surface area contributed by atoms with E-state index >= 15 is 0 Å². The molecule has 4 heteroatoms. The Morgan fingerprint density at radius 2 is 2.21 bits per heavy atom. The zero-order valence-corrected chi connectivity index (χ0v) is 11.7. The van der Waals surface area contributed by atoms with Crippen molar-refractivity contribution in [3.63, 3.8) is 0 Å². The van der Waals surface area contributed by atoms with Crippen molar-refractivity contribution in [2.75, 3.05) is 6.54 Å². The summed E-state index contributed by atoms with van der Waals surface area (Å²) in [4.78, 5) is 17.1. The fourth-order valence-corrected chi connectivity index (χ4v) is 3.37. The molecule has 4 nitrogen and oxygen atoms in total. The van der Waals surface area contributed by atoms with Crippen molar-refractivity contribution in [1.82, 2.24) is 14.9 Å². The second-order valence-electron chi connectivity index (χ2n) is 5.83. The van der Waals surface area contributed by atoms with E-state index in [9.17, 15) is 4.79 Å². The van der Waals surface area contributed by atoms with Crippen molar-refractivity contribution >= 4 is 0 Å². The van der Waals surface area contributed by atoms with Gasteiger partial charge in [-0.25, -0.2) is 4.98 Å². The average molecular weight is 261 g/mol. The third-order valence-electron chi connectivity index (χ3n) is 4.49. The summed E-state index contributed by atoms with van der Waals surface area (Å²) in [6.07, 6.45) is 7.88. The molecule has 0 radical (unpaired) electrons. The summed E-state index contributed by atoms with van der Waals surface area (Å²) < 4.78 is 1.89. The standard InChI is InChI=1S/C15H23N3O/c1-11-17-14-7-4-6-13(14)15(19)18(11)10-8-12-5-2-3-9-16-12/h12,16H,2-10H2,1H3. The fraction of sp³-hybridized carbons (Fsp3) is 0.733. The van der Waals surface area contributed by atoms with Crippen LogP contribution in [0, 0.1) is 6.92 Å². The van der Waals surface area contributed by atoms with E-state index in [2.05, 4.69) is 10.3 Å². The molecule has 0 saturated carbocycles. The Bertz CT molecular complexity index is 515. The predicted molar refractivity (Wildman–Crippen MR) is 75.5 cm³/mol. The van der Waals surface area contributed by atoms with E-state index in [0.717, 1.165) is 55.9 Å². The van der Waals surface area contributed by atoms with Crippen LogP contribution in [0.2, 0.25) is 0 Å². The highest BCUT2D eigenvalue weighted by Crippen LogP contribution is 2.17. The molecule has 1 aliphatic heterocycles.